The molecule has 0 aliphatic heterocycles. The lowest BCUT2D eigenvalue weighted by Gasteiger charge is -2.12. The maximum atomic E-state index is 13.5. The second kappa shape index (κ2) is 10.5. The van der Waals surface area contributed by atoms with Crippen molar-refractivity contribution in [2.75, 3.05) is 11.9 Å². The van der Waals surface area contributed by atoms with Gasteiger partial charge in [0.25, 0.3) is 0 Å². The minimum Gasteiger partial charge on any atom is -0.463 e. The van der Waals surface area contributed by atoms with Crippen LogP contribution in [0.5, 0.6) is 0 Å². The standard InChI is InChI=1S/C24H18Cl2FN5O2/c1-2-34-22(33)9-6-15-4-3-5-16(10-15)19-13-28-24(30-18-7-8-21(27)20(26)11-18)31-23(19)32-14-17(25)12-29-32/h3-14H,2H2,1H3,(H,28,30,31)/b9-6+. The Balaban J connectivity index is 1.72. The van der Waals surface area contributed by atoms with Gasteiger partial charge >= 0.3 is 5.97 Å². The highest BCUT2D eigenvalue weighted by atomic mass is 35.5. The van der Waals surface area contributed by atoms with E-state index in [-0.39, 0.29) is 11.0 Å². The Kier molecular flexibility index (Phi) is 7.20. The Hall–Kier alpha value is -3.75. The molecule has 0 amide bonds. The van der Waals surface area contributed by atoms with Crippen LogP contribution >= 0.6 is 23.2 Å². The number of rotatable bonds is 7. The predicted molar refractivity (Wildman–Crippen MR) is 130 cm³/mol. The molecule has 1 N–H and O–H groups in total. The molecule has 0 fully saturated rings. The summed E-state index contributed by atoms with van der Waals surface area (Å²) in [5, 5.41) is 7.70. The van der Waals surface area contributed by atoms with E-state index in [0.717, 1.165) is 11.1 Å². The number of halogens is 3. The number of benzene rings is 2. The maximum absolute atomic E-state index is 13.5. The molecule has 0 radical (unpaired) electrons. The fraction of sp³-hybridized carbons (Fsp3) is 0.0833. The summed E-state index contributed by atoms with van der Waals surface area (Å²) < 4.78 is 19.9. The van der Waals surface area contributed by atoms with Crippen LogP contribution in [0.1, 0.15) is 12.5 Å². The van der Waals surface area contributed by atoms with Gasteiger partial charge in [-0.25, -0.2) is 18.9 Å². The third-order valence-corrected chi connectivity index (χ3v) is 5.09. The topological polar surface area (TPSA) is 81.9 Å². The van der Waals surface area contributed by atoms with Gasteiger partial charge in [-0.15, -0.1) is 0 Å². The van der Waals surface area contributed by atoms with E-state index in [2.05, 4.69) is 20.4 Å². The van der Waals surface area contributed by atoms with E-state index < -0.39 is 11.8 Å². The average molecular weight is 498 g/mol. The fourth-order valence-corrected chi connectivity index (χ4v) is 3.41. The molecule has 2 aromatic carbocycles. The quantitative estimate of drug-likeness (QED) is 0.245. The van der Waals surface area contributed by atoms with Crippen LogP contribution in [-0.2, 0) is 9.53 Å². The summed E-state index contributed by atoms with van der Waals surface area (Å²) in [5.41, 5.74) is 2.78. The Morgan fingerprint density at radius 2 is 2.06 bits per heavy atom. The Morgan fingerprint density at radius 3 is 2.79 bits per heavy atom. The second-order valence-electron chi connectivity index (χ2n) is 7.00. The van der Waals surface area contributed by atoms with Crippen molar-refractivity contribution in [3.8, 4) is 16.9 Å². The van der Waals surface area contributed by atoms with Crippen LogP contribution in [0.2, 0.25) is 10.0 Å². The molecule has 4 aromatic rings. The molecule has 34 heavy (non-hydrogen) atoms. The zero-order chi connectivity index (χ0) is 24.1. The summed E-state index contributed by atoms with van der Waals surface area (Å²) in [6.07, 6.45) is 7.80. The molecule has 0 unspecified atom stereocenters. The minimum absolute atomic E-state index is 0.0200. The molecule has 0 spiro atoms. The molecule has 2 aromatic heterocycles. The summed E-state index contributed by atoms with van der Waals surface area (Å²) in [5.74, 6) is -0.220. The molecule has 4 rings (SSSR count). The minimum atomic E-state index is -0.521. The number of anilines is 2. The largest absolute Gasteiger partial charge is 0.463 e. The number of aromatic nitrogens is 4. The van der Waals surface area contributed by atoms with Crippen molar-refractivity contribution in [3.63, 3.8) is 0 Å². The molecular weight excluding hydrogens is 480 g/mol. The van der Waals surface area contributed by atoms with Crippen LogP contribution in [0, 0.1) is 5.82 Å². The van der Waals surface area contributed by atoms with Crippen molar-refractivity contribution < 1.29 is 13.9 Å². The van der Waals surface area contributed by atoms with E-state index in [1.54, 1.807) is 25.4 Å². The zero-order valence-corrected chi connectivity index (χ0v) is 19.4. The van der Waals surface area contributed by atoms with Gasteiger partial charge in [-0.1, -0.05) is 41.4 Å². The highest BCUT2D eigenvalue weighted by molar-refractivity contribution is 6.31. The van der Waals surface area contributed by atoms with E-state index in [4.69, 9.17) is 27.9 Å². The van der Waals surface area contributed by atoms with Crippen LogP contribution in [-0.4, -0.2) is 32.3 Å². The SMILES string of the molecule is CCOC(=O)/C=C/c1cccc(-c2cnc(Nc3ccc(F)c(Cl)c3)nc2-n2cc(Cl)cn2)c1. The summed E-state index contributed by atoms with van der Waals surface area (Å²) in [6, 6.07) is 11.7. The lowest BCUT2D eigenvalue weighted by atomic mass is 10.0. The lowest BCUT2D eigenvalue weighted by Crippen LogP contribution is -2.06. The van der Waals surface area contributed by atoms with Crippen LogP contribution < -0.4 is 5.32 Å². The summed E-state index contributed by atoms with van der Waals surface area (Å²) in [6.45, 7) is 2.06. The first-order chi connectivity index (χ1) is 16.4. The van der Waals surface area contributed by atoms with Gasteiger partial charge in [0.05, 0.1) is 29.0 Å². The molecule has 172 valence electrons. The fourth-order valence-electron chi connectivity index (χ4n) is 3.10. The smallest absolute Gasteiger partial charge is 0.330 e. The highest BCUT2D eigenvalue weighted by Crippen LogP contribution is 2.28. The molecule has 2 heterocycles. The van der Waals surface area contributed by atoms with Crippen LogP contribution in [0.15, 0.2) is 67.1 Å². The number of hydrogen-bond donors (Lipinski definition) is 1. The van der Waals surface area contributed by atoms with E-state index in [9.17, 15) is 9.18 Å². The second-order valence-corrected chi connectivity index (χ2v) is 7.84. The molecule has 0 atom stereocenters. The van der Waals surface area contributed by atoms with E-state index in [1.807, 2.05) is 24.3 Å². The lowest BCUT2D eigenvalue weighted by molar-refractivity contribution is -0.137. The number of hydrogen-bond acceptors (Lipinski definition) is 6. The summed E-state index contributed by atoms with van der Waals surface area (Å²) in [4.78, 5) is 20.6. The Morgan fingerprint density at radius 1 is 1.21 bits per heavy atom. The zero-order valence-electron chi connectivity index (χ0n) is 17.9. The van der Waals surface area contributed by atoms with Crippen molar-refractivity contribution in [1.29, 1.82) is 0 Å². The molecule has 0 bridgehead atoms. The predicted octanol–water partition coefficient (Wildman–Crippen LogP) is 6.10. The third kappa shape index (κ3) is 5.59. The first-order valence-electron chi connectivity index (χ1n) is 10.2. The maximum Gasteiger partial charge on any atom is 0.330 e. The Labute approximate surface area is 204 Å². The van der Waals surface area contributed by atoms with E-state index in [0.29, 0.717) is 28.7 Å². The van der Waals surface area contributed by atoms with Crippen LogP contribution in [0.25, 0.3) is 23.0 Å². The van der Waals surface area contributed by atoms with Crippen molar-refractivity contribution >= 4 is 46.9 Å². The van der Waals surface area contributed by atoms with Gasteiger partial charge in [-0.05, 0) is 48.4 Å². The van der Waals surface area contributed by atoms with E-state index >= 15 is 0 Å². The number of esters is 1. The third-order valence-electron chi connectivity index (χ3n) is 4.61. The van der Waals surface area contributed by atoms with Crippen LogP contribution in [0.3, 0.4) is 0 Å². The normalized spacial score (nSPS) is 11.1. The number of nitrogens with one attached hydrogen (secondary N) is 1. The van der Waals surface area contributed by atoms with Gasteiger partial charge in [0.2, 0.25) is 5.95 Å². The van der Waals surface area contributed by atoms with Gasteiger partial charge in [-0.3, -0.25) is 0 Å². The average Bonchev–Trinajstić information content (AvgIpc) is 3.27. The monoisotopic (exact) mass is 497 g/mol. The van der Waals surface area contributed by atoms with Crippen molar-refractivity contribution in [3.05, 3.63) is 88.6 Å². The van der Waals surface area contributed by atoms with Gasteiger partial charge in [0.1, 0.15) is 5.82 Å². The van der Waals surface area contributed by atoms with Gasteiger partial charge in [-0.2, -0.15) is 10.1 Å². The van der Waals surface area contributed by atoms with Crippen molar-refractivity contribution in [1.82, 2.24) is 19.7 Å². The van der Waals surface area contributed by atoms with Gasteiger partial charge in [0, 0.05) is 23.5 Å². The first-order valence-corrected chi connectivity index (χ1v) is 10.9. The molecule has 0 saturated carbocycles. The molecule has 0 saturated heterocycles. The van der Waals surface area contributed by atoms with E-state index in [1.165, 1.54) is 35.2 Å². The molecule has 0 aliphatic carbocycles. The number of carbonyl (C=O) groups excluding carboxylic acids is 1. The number of carbonyl (C=O) groups is 1. The molecular formula is C24H18Cl2FN5O2. The molecule has 10 heteroatoms. The van der Waals surface area contributed by atoms with Gasteiger partial charge < -0.3 is 10.1 Å². The number of ether oxygens (including phenoxy) is 1. The number of nitrogens with zero attached hydrogens (tertiary/aromatic N) is 4. The van der Waals surface area contributed by atoms with Crippen molar-refractivity contribution in [2.24, 2.45) is 0 Å². The summed E-state index contributed by atoms with van der Waals surface area (Å²) >= 11 is 12.0. The summed E-state index contributed by atoms with van der Waals surface area (Å²) in [7, 11) is 0. The van der Waals surface area contributed by atoms with Gasteiger partial charge in [0.15, 0.2) is 5.82 Å². The highest BCUT2D eigenvalue weighted by Gasteiger charge is 2.14. The molecule has 7 nitrogen and oxygen atoms in total. The van der Waals surface area contributed by atoms with Crippen molar-refractivity contribution in [2.45, 2.75) is 6.92 Å². The molecule has 0 aliphatic rings. The first kappa shape index (κ1) is 23.4. The Bertz CT molecular complexity index is 1370. The van der Waals surface area contributed by atoms with Crippen LogP contribution in [0.4, 0.5) is 16.0 Å².